The molecule has 1 saturated carbocycles. The molecule has 5 nitrogen and oxygen atoms in total. The van der Waals surface area contributed by atoms with E-state index in [1.807, 2.05) is 19.1 Å². The smallest absolute Gasteiger partial charge is 0.335 e. The van der Waals surface area contributed by atoms with Crippen molar-refractivity contribution in [1.29, 1.82) is 0 Å². The molecular weight excluding hydrogens is 376 g/mol. The fourth-order valence-electron chi connectivity index (χ4n) is 4.68. The van der Waals surface area contributed by atoms with Gasteiger partial charge in [-0.15, -0.1) is 0 Å². The summed E-state index contributed by atoms with van der Waals surface area (Å²) in [6.45, 7) is 6.66. The normalized spacial score (nSPS) is 22.2. The number of carbonyl (C=O) groups is 1. The van der Waals surface area contributed by atoms with Crippen molar-refractivity contribution in [2.24, 2.45) is 0 Å². The number of anilines is 1. The lowest BCUT2D eigenvalue weighted by atomic mass is 9.91. The molecule has 0 unspecified atom stereocenters. The van der Waals surface area contributed by atoms with E-state index in [9.17, 15) is 9.90 Å². The molecule has 30 heavy (non-hydrogen) atoms. The van der Waals surface area contributed by atoms with Gasteiger partial charge in [-0.2, -0.15) is 0 Å². The SMILES string of the molecule is CCO[C@H]1CCN(Cc2cc(N)c(C)cc2C2CC2)[C@H](c2ccc(C(=O)O)cc2)C1. The van der Waals surface area contributed by atoms with E-state index >= 15 is 0 Å². The number of piperidine rings is 1. The molecule has 0 radical (unpaired) electrons. The number of carboxylic acids is 1. The van der Waals surface area contributed by atoms with Crippen LogP contribution in [0, 0.1) is 6.92 Å². The summed E-state index contributed by atoms with van der Waals surface area (Å²) in [4.78, 5) is 13.8. The number of nitrogen functional groups attached to an aromatic ring is 1. The molecule has 2 aliphatic rings. The highest BCUT2D eigenvalue weighted by Gasteiger charge is 2.32. The number of aryl methyl sites for hydroxylation is 1. The zero-order chi connectivity index (χ0) is 21.3. The largest absolute Gasteiger partial charge is 0.478 e. The van der Waals surface area contributed by atoms with Gasteiger partial charge in [0.2, 0.25) is 0 Å². The lowest BCUT2D eigenvalue weighted by Gasteiger charge is -2.40. The fourth-order valence-corrected chi connectivity index (χ4v) is 4.68. The van der Waals surface area contributed by atoms with Gasteiger partial charge in [0.1, 0.15) is 0 Å². The maximum absolute atomic E-state index is 11.3. The van der Waals surface area contributed by atoms with Gasteiger partial charge >= 0.3 is 5.97 Å². The Morgan fingerprint density at radius 1 is 1.20 bits per heavy atom. The van der Waals surface area contributed by atoms with Gasteiger partial charge in [0, 0.05) is 31.4 Å². The minimum Gasteiger partial charge on any atom is -0.478 e. The number of rotatable bonds is 7. The highest BCUT2D eigenvalue weighted by molar-refractivity contribution is 5.87. The summed E-state index contributed by atoms with van der Waals surface area (Å²) in [5.74, 6) is -0.216. The first-order valence-electron chi connectivity index (χ1n) is 11.0. The number of ether oxygens (including phenoxy) is 1. The number of carboxylic acid groups (broad SMARTS) is 1. The molecule has 1 aliphatic heterocycles. The van der Waals surface area contributed by atoms with E-state index in [-0.39, 0.29) is 12.1 Å². The Labute approximate surface area is 178 Å². The van der Waals surface area contributed by atoms with Gasteiger partial charge < -0.3 is 15.6 Å². The van der Waals surface area contributed by atoms with Gasteiger partial charge in [0.05, 0.1) is 11.7 Å². The zero-order valence-electron chi connectivity index (χ0n) is 17.9. The maximum Gasteiger partial charge on any atom is 0.335 e. The third-order valence-corrected chi connectivity index (χ3v) is 6.53. The lowest BCUT2D eigenvalue weighted by Crippen LogP contribution is -2.39. The molecule has 2 atom stereocenters. The first kappa shape index (κ1) is 20.9. The molecule has 2 aromatic rings. The fraction of sp³-hybridized carbons (Fsp3) is 0.480. The number of nitrogens with zero attached hydrogens (tertiary/aromatic N) is 1. The quantitative estimate of drug-likeness (QED) is 0.638. The molecule has 0 amide bonds. The second-order valence-electron chi connectivity index (χ2n) is 8.70. The summed E-state index contributed by atoms with van der Waals surface area (Å²) in [5, 5.41) is 9.24. The van der Waals surface area contributed by atoms with Crippen molar-refractivity contribution in [3.63, 3.8) is 0 Å². The predicted octanol–water partition coefficient (Wildman–Crippen LogP) is 4.90. The Morgan fingerprint density at radius 2 is 1.93 bits per heavy atom. The Morgan fingerprint density at radius 3 is 2.57 bits per heavy atom. The Hall–Kier alpha value is -2.37. The van der Waals surface area contributed by atoms with Crippen LogP contribution in [-0.4, -0.2) is 35.2 Å². The van der Waals surface area contributed by atoms with Crippen LogP contribution in [-0.2, 0) is 11.3 Å². The minimum atomic E-state index is -0.890. The minimum absolute atomic E-state index is 0.202. The standard InChI is InChI=1S/C25H32N2O3/c1-3-30-21-10-11-27(24(14-21)18-6-8-19(9-7-18)25(28)29)15-20-13-23(26)16(2)12-22(20)17-4-5-17/h6-9,12-13,17,21,24H,3-5,10-11,14-15,26H2,1-2H3,(H,28,29)/t21-,24-/m0/s1. The van der Waals surface area contributed by atoms with Gasteiger partial charge in [-0.3, -0.25) is 4.90 Å². The molecule has 0 bridgehead atoms. The van der Waals surface area contributed by atoms with Gasteiger partial charge in [-0.25, -0.2) is 4.79 Å². The van der Waals surface area contributed by atoms with Crippen molar-refractivity contribution in [1.82, 2.24) is 4.90 Å². The van der Waals surface area contributed by atoms with Crippen LogP contribution in [0.2, 0.25) is 0 Å². The zero-order valence-corrected chi connectivity index (χ0v) is 17.9. The van der Waals surface area contributed by atoms with Crippen LogP contribution in [0.5, 0.6) is 0 Å². The van der Waals surface area contributed by atoms with Crippen molar-refractivity contribution in [3.05, 3.63) is 64.2 Å². The summed E-state index contributed by atoms with van der Waals surface area (Å²) < 4.78 is 5.96. The molecule has 5 heteroatoms. The maximum atomic E-state index is 11.3. The van der Waals surface area contributed by atoms with Gasteiger partial charge in [-0.05, 0) is 85.9 Å². The molecule has 4 rings (SSSR count). The molecule has 1 saturated heterocycles. The highest BCUT2D eigenvalue weighted by Crippen LogP contribution is 2.44. The number of aromatic carboxylic acids is 1. The average Bonchev–Trinajstić information content (AvgIpc) is 3.57. The van der Waals surface area contributed by atoms with E-state index in [4.69, 9.17) is 10.5 Å². The first-order chi connectivity index (χ1) is 14.5. The van der Waals surface area contributed by atoms with Crippen LogP contribution in [0.25, 0.3) is 0 Å². The number of benzene rings is 2. The third kappa shape index (κ3) is 4.52. The Kier molecular flexibility index (Phi) is 6.11. The summed E-state index contributed by atoms with van der Waals surface area (Å²) in [6, 6.07) is 12.0. The highest BCUT2D eigenvalue weighted by atomic mass is 16.5. The van der Waals surface area contributed by atoms with E-state index < -0.39 is 5.97 Å². The van der Waals surface area contributed by atoms with Crippen molar-refractivity contribution < 1.29 is 14.6 Å². The second kappa shape index (κ2) is 8.78. The summed E-state index contributed by atoms with van der Waals surface area (Å²) >= 11 is 0. The van der Waals surface area contributed by atoms with Crippen molar-refractivity contribution >= 4 is 11.7 Å². The van der Waals surface area contributed by atoms with Crippen molar-refractivity contribution in [2.75, 3.05) is 18.9 Å². The predicted molar refractivity (Wildman–Crippen MR) is 119 cm³/mol. The summed E-state index contributed by atoms with van der Waals surface area (Å²) in [6.07, 6.45) is 4.70. The molecule has 3 N–H and O–H groups in total. The molecule has 2 fully saturated rings. The summed E-state index contributed by atoms with van der Waals surface area (Å²) in [5.41, 5.74) is 12.6. The molecular formula is C25H32N2O3. The van der Waals surface area contributed by atoms with E-state index in [0.717, 1.165) is 49.4 Å². The molecule has 0 aromatic heterocycles. The van der Waals surface area contributed by atoms with Crippen LogP contribution >= 0.6 is 0 Å². The van der Waals surface area contributed by atoms with E-state index in [1.54, 1.807) is 12.1 Å². The number of likely N-dealkylation sites (tertiary alicyclic amines) is 1. The average molecular weight is 409 g/mol. The first-order valence-corrected chi connectivity index (χ1v) is 11.0. The van der Waals surface area contributed by atoms with Gasteiger partial charge in [-0.1, -0.05) is 18.2 Å². The summed E-state index contributed by atoms with van der Waals surface area (Å²) in [7, 11) is 0. The molecule has 0 spiro atoms. The number of nitrogens with two attached hydrogens (primary N) is 1. The van der Waals surface area contributed by atoms with Gasteiger partial charge in [0.25, 0.3) is 0 Å². The number of hydrogen-bond donors (Lipinski definition) is 2. The monoisotopic (exact) mass is 408 g/mol. The molecule has 2 aromatic carbocycles. The van der Waals surface area contributed by atoms with Crippen LogP contribution in [0.15, 0.2) is 36.4 Å². The molecule has 1 heterocycles. The Balaban J connectivity index is 1.62. The topological polar surface area (TPSA) is 75.8 Å². The Bertz CT molecular complexity index is 905. The lowest BCUT2D eigenvalue weighted by molar-refractivity contribution is -0.0138. The number of hydrogen-bond acceptors (Lipinski definition) is 4. The molecule has 1 aliphatic carbocycles. The van der Waals surface area contributed by atoms with E-state index in [0.29, 0.717) is 11.5 Å². The van der Waals surface area contributed by atoms with Crippen LogP contribution in [0.1, 0.15) is 77.2 Å². The van der Waals surface area contributed by atoms with Crippen LogP contribution in [0.4, 0.5) is 5.69 Å². The van der Waals surface area contributed by atoms with Crippen LogP contribution in [0.3, 0.4) is 0 Å². The van der Waals surface area contributed by atoms with Crippen molar-refractivity contribution in [2.45, 2.75) is 64.1 Å². The third-order valence-electron chi connectivity index (χ3n) is 6.53. The van der Waals surface area contributed by atoms with E-state index in [1.165, 1.54) is 24.0 Å². The van der Waals surface area contributed by atoms with Crippen molar-refractivity contribution in [3.8, 4) is 0 Å². The van der Waals surface area contributed by atoms with Gasteiger partial charge in [0.15, 0.2) is 0 Å². The van der Waals surface area contributed by atoms with Crippen LogP contribution < -0.4 is 5.73 Å². The second-order valence-corrected chi connectivity index (χ2v) is 8.70. The van der Waals surface area contributed by atoms with E-state index in [2.05, 4.69) is 24.0 Å². The molecule has 160 valence electrons.